The molecule has 2 aromatic carbocycles. The molecule has 0 aliphatic carbocycles. The van der Waals surface area contributed by atoms with E-state index in [9.17, 15) is 9.59 Å². The molecule has 2 rings (SSSR count). The standard InChI is InChI=1S/C20H23NO4/c1-14-8-9-17(12-15(14)2)20(23)25-13-19(22)21-11-10-16-6-4-5-7-18(16)24-3/h4-9,12H,10-11,13H2,1-3H3,(H,21,22). The summed E-state index contributed by atoms with van der Waals surface area (Å²) < 4.78 is 10.3. The number of nitrogens with one attached hydrogen (secondary N) is 1. The minimum Gasteiger partial charge on any atom is -0.496 e. The fourth-order valence-electron chi connectivity index (χ4n) is 2.38. The molecule has 0 bridgehead atoms. The van der Waals surface area contributed by atoms with Crippen LogP contribution in [0.4, 0.5) is 0 Å². The fourth-order valence-corrected chi connectivity index (χ4v) is 2.38. The van der Waals surface area contributed by atoms with Crippen LogP contribution in [-0.2, 0) is 16.0 Å². The number of amides is 1. The van der Waals surface area contributed by atoms with E-state index < -0.39 is 5.97 Å². The number of carbonyl (C=O) groups excluding carboxylic acids is 2. The van der Waals surface area contributed by atoms with E-state index in [1.54, 1.807) is 19.2 Å². The molecule has 0 aromatic heterocycles. The summed E-state index contributed by atoms with van der Waals surface area (Å²) in [5, 5.41) is 2.74. The van der Waals surface area contributed by atoms with Crippen molar-refractivity contribution in [3.63, 3.8) is 0 Å². The number of ether oxygens (including phenoxy) is 2. The third-order valence-electron chi connectivity index (χ3n) is 3.99. The highest BCUT2D eigenvalue weighted by atomic mass is 16.5. The van der Waals surface area contributed by atoms with E-state index in [1.165, 1.54) is 0 Å². The van der Waals surface area contributed by atoms with Gasteiger partial charge >= 0.3 is 5.97 Å². The Morgan fingerprint density at radius 2 is 1.80 bits per heavy atom. The molecule has 0 saturated heterocycles. The summed E-state index contributed by atoms with van der Waals surface area (Å²) in [6.07, 6.45) is 0.640. The second kappa shape index (κ2) is 8.87. The summed E-state index contributed by atoms with van der Waals surface area (Å²) in [6, 6.07) is 13.0. The Kier molecular flexibility index (Phi) is 6.57. The van der Waals surface area contributed by atoms with Gasteiger partial charge in [0.2, 0.25) is 0 Å². The first kappa shape index (κ1) is 18.5. The number of aryl methyl sites for hydroxylation is 2. The molecule has 0 radical (unpaired) electrons. The molecule has 5 nitrogen and oxygen atoms in total. The van der Waals surface area contributed by atoms with Crippen molar-refractivity contribution in [2.75, 3.05) is 20.3 Å². The van der Waals surface area contributed by atoms with Crippen molar-refractivity contribution in [3.8, 4) is 5.75 Å². The summed E-state index contributed by atoms with van der Waals surface area (Å²) in [4.78, 5) is 23.8. The maximum Gasteiger partial charge on any atom is 0.338 e. The van der Waals surface area contributed by atoms with Gasteiger partial charge in [-0.25, -0.2) is 4.79 Å². The average molecular weight is 341 g/mol. The van der Waals surface area contributed by atoms with Gasteiger partial charge in [0.25, 0.3) is 5.91 Å². The van der Waals surface area contributed by atoms with Crippen LogP contribution < -0.4 is 10.1 Å². The van der Waals surface area contributed by atoms with Crippen LogP contribution in [0, 0.1) is 13.8 Å². The zero-order valence-corrected chi connectivity index (χ0v) is 14.8. The van der Waals surface area contributed by atoms with Crippen LogP contribution in [0.2, 0.25) is 0 Å². The fraction of sp³-hybridized carbons (Fsp3) is 0.300. The van der Waals surface area contributed by atoms with Crippen LogP contribution in [0.1, 0.15) is 27.0 Å². The number of para-hydroxylation sites is 1. The van der Waals surface area contributed by atoms with Crippen LogP contribution in [0.15, 0.2) is 42.5 Å². The molecule has 0 spiro atoms. The van der Waals surface area contributed by atoms with Crippen molar-refractivity contribution >= 4 is 11.9 Å². The normalized spacial score (nSPS) is 10.2. The number of methoxy groups -OCH3 is 1. The Hall–Kier alpha value is -2.82. The number of carbonyl (C=O) groups is 2. The van der Waals surface area contributed by atoms with Crippen molar-refractivity contribution in [2.24, 2.45) is 0 Å². The molecule has 0 fully saturated rings. The molecular formula is C20H23NO4. The zero-order valence-electron chi connectivity index (χ0n) is 14.8. The molecule has 1 amide bonds. The lowest BCUT2D eigenvalue weighted by molar-refractivity contribution is -0.124. The molecule has 1 N–H and O–H groups in total. The minimum absolute atomic E-state index is 0.294. The monoisotopic (exact) mass is 341 g/mol. The molecule has 25 heavy (non-hydrogen) atoms. The average Bonchev–Trinajstić information content (AvgIpc) is 2.62. The minimum atomic E-state index is -0.497. The Morgan fingerprint density at radius 3 is 2.52 bits per heavy atom. The molecule has 132 valence electrons. The second-order valence-electron chi connectivity index (χ2n) is 5.79. The maximum absolute atomic E-state index is 12.0. The lowest BCUT2D eigenvalue weighted by atomic mass is 10.1. The van der Waals surface area contributed by atoms with E-state index in [2.05, 4.69) is 5.32 Å². The van der Waals surface area contributed by atoms with Gasteiger partial charge in [-0.05, 0) is 55.2 Å². The Balaban J connectivity index is 1.76. The largest absolute Gasteiger partial charge is 0.496 e. The highest BCUT2D eigenvalue weighted by molar-refractivity contribution is 5.91. The first-order valence-electron chi connectivity index (χ1n) is 8.14. The van der Waals surface area contributed by atoms with Crippen LogP contribution in [0.3, 0.4) is 0 Å². The molecule has 5 heteroatoms. The molecule has 0 unspecified atom stereocenters. The van der Waals surface area contributed by atoms with Crippen molar-refractivity contribution in [3.05, 3.63) is 64.7 Å². The van der Waals surface area contributed by atoms with Crippen molar-refractivity contribution in [1.82, 2.24) is 5.32 Å². The number of hydrogen-bond acceptors (Lipinski definition) is 4. The van der Waals surface area contributed by atoms with Crippen LogP contribution in [0.5, 0.6) is 5.75 Å². The maximum atomic E-state index is 12.0. The quantitative estimate of drug-likeness (QED) is 0.787. The van der Waals surface area contributed by atoms with Gasteiger partial charge in [0.15, 0.2) is 6.61 Å². The summed E-state index contributed by atoms with van der Waals surface area (Å²) in [7, 11) is 1.61. The highest BCUT2D eigenvalue weighted by Gasteiger charge is 2.11. The number of hydrogen-bond donors (Lipinski definition) is 1. The summed E-state index contributed by atoms with van der Waals surface area (Å²) >= 11 is 0. The molecule has 2 aromatic rings. The molecule has 0 aliphatic heterocycles. The van der Waals surface area contributed by atoms with Crippen molar-refractivity contribution in [1.29, 1.82) is 0 Å². The third kappa shape index (κ3) is 5.35. The molecule has 0 saturated carbocycles. The van der Waals surface area contributed by atoms with E-state index in [-0.39, 0.29) is 12.5 Å². The van der Waals surface area contributed by atoms with Gasteiger partial charge in [0.1, 0.15) is 5.75 Å². The van der Waals surface area contributed by atoms with Gasteiger partial charge in [-0.3, -0.25) is 4.79 Å². The summed E-state index contributed by atoms with van der Waals surface area (Å²) in [5.74, 6) is -0.0343. The lowest BCUT2D eigenvalue weighted by Crippen LogP contribution is -2.30. The molecule has 0 atom stereocenters. The molecule has 0 heterocycles. The SMILES string of the molecule is COc1ccccc1CCNC(=O)COC(=O)c1ccc(C)c(C)c1. The number of rotatable bonds is 7. The molecular weight excluding hydrogens is 318 g/mol. The number of benzene rings is 2. The Labute approximate surface area is 148 Å². The summed E-state index contributed by atoms with van der Waals surface area (Å²) in [5.41, 5.74) is 3.57. The Morgan fingerprint density at radius 1 is 1.04 bits per heavy atom. The zero-order chi connectivity index (χ0) is 18.2. The van der Waals surface area contributed by atoms with Crippen molar-refractivity contribution < 1.29 is 19.1 Å². The first-order valence-corrected chi connectivity index (χ1v) is 8.14. The highest BCUT2D eigenvalue weighted by Crippen LogP contribution is 2.17. The van der Waals surface area contributed by atoms with E-state index in [0.29, 0.717) is 18.5 Å². The molecule has 0 aliphatic rings. The first-order chi connectivity index (χ1) is 12.0. The predicted molar refractivity (Wildman–Crippen MR) is 95.9 cm³/mol. The smallest absolute Gasteiger partial charge is 0.338 e. The Bertz CT molecular complexity index is 755. The second-order valence-corrected chi connectivity index (χ2v) is 5.79. The van der Waals surface area contributed by atoms with Crippen LogP contribution >= 0.6 is 0 Å². The van der Waals surface area contributed by atoms with Gasteiger partial charge < -0.3 is 14.8 Å². The van der Waals surface area contributed by atoms with Gasteiger partial charge in [-0.1, -0.05) is 24.3 Å². The van der Waals surface area contributed by atoms with E-state index in [0.717, 1.165) is 22.4 Å². The predicted octanol–water partition coefficient (Wildman–Crippen LogP) is 2.83. The van der Waals surface area contributed by atoms with Crippen LogP contribution in [-0.4, -0.2) is 32.1 Å². The van der Waals surface area contributed by atoms with E-state index >= 15 is 0 Å². The van der Waals surface area contributed by atoms with Gasteiger partial charge in [0, 0.05) is 6.54 Å². The summed E-state index contributed by atoms with van der Waals surface area (Å²) in [6.45, 7) is 4.05. The van der Waals surface area contributed by atoms with Crippen molar-refractivity contribution in [2.45, 2.75) is 20.3 Å². The van der Waals surface area contributed by atoms with Gasteiger partial charge in [-0.15, -0.1) is 0 Å². The van der Waals surface area contributed by atoms with Gasteiger partial charge in [0.05, 0.1) is 12.7 Å². The third-order valence-corrected chi connectivity index (χ3v) is 3.99. The number of esters is 1. The van der Waals surface area contributed by atoms with E-state index in [4.69, 9.17) is 9.47 Å². The topological polar surface area (TPSA) is 64.6 Å². The lowest BCUT2D eigenvalue weighted by Gasteiger charge is -2.10. The van der Waals surface area contributed by atoms with E-state index in [1.807, 2.05) is 44.2 Å². The van der Waals surface area contributed by atoms with Crippen LogP contribution in [0.25, 0.3) is 0 Å². The van der Waals surface area contributed by atoms with Gasteiger partial charge in [-0.2, -0.15) is 0 Å².